The second kappa shape index (κ2) is 2.02. The summed E-state index contributed by atoms with van der Waals surface area (Å²) >= 11 is 1.75. The summed E-state index contributed by atoms with van der Waals surface area (Å²) in [6.45, 7) is 2.08. The fraction of sp³-hybridized carbons (Fsp3) is 0.143. The van der Waals surface area contributed by atoms with Gasteiger partial charge in [0.1, 0.15) is 5.52 Å². The Morgan fingerprint density at radius 1 is 1.50 bits per heavy atom. The van der Waals surface area contributed by atoms with Gasteiger partial charge < -0.3 is 0 Å². The Morgan fingerprint density at radius 3 is 3.20 bits per heavy atom. The van der Waals surface area contributed by atoms with Crippen LogP contribution in [-0.4, -0.2) is 10.2 Å². The second-order valence-corrected chi connectivity index (χ2v) is 3.43. The van der Waals surface area contributed by atoms with Crippen LogP contribution in [0.25, 0.3) is 10.2 Å². The maximum absolute atomic E-state index is 3.96. The van der Waals surface area contributed by atoms with Crippen LogP contribution in [0, 0.1) is 6.92 Å². The highest BCUT2D eigenvalue weighted by molar-refractivity contribution is 7.18. The second-order valence-electron chi connectivity index (χ2n) is 2.14. The van der Waals surface area contributed by atoms with E-state index in [9.17, 15) is 0 Å². The van der Waals surface area contributed by atoms with Gasteiger partial charge in [0, 0.05) is 4.88 Å². The van der Waals surface area contributed by atoms with E-state index >= 15 is 0 Å². The van der Waals surface area contributed by atoms with Gasteiger partial charge in [0.05, 0.1) is 10.9 Å². The van der Waals surface area contributed by atoms with Gasteiger partial charge in [0.25, 0.3) is 0 Å². The van der Waals surface area contributed by atoms with Crippen LogP contribution >= 0.6 is 11.3 Å². The molecule has 0 aromatic carbocycles. The lowest BCUT2D eigenvalue weighted by atomic mass is 10.4. The van der Waals surface area contributed by atoms with Gasteiger partial charge in [-0.2, -0.15) is 5.10 Å². The predicted molar refractivity (Wildman–Crippen MR) is 42.2 cm³/mol. The van der Waals surface area contributed by atoms with Gasteiger partial charge >= 0.3 is 0 Å². The molecule has 50 valence electrons. The third-order valence-corrected chi connectivity index (χ3v) is 2.33. The van der Waals surface area contributed by atoms with Crippen molar-refractivity contribution in [3.8, 4) is 0 Å². The Bertz CT molecular complexity index is 320. The van der Waals surface area contributed by atoms with Gasteiger partial charge in [-0.25, -0.2) is 0 Å². The Labute approximate surface area is 62.5 Å². The molecular weight excluding hydrogens is 144 g/mol. The zero-order valence-electron chi connectivity index (χ0n) is 5.53. The Balaban J connectivity index is 2.88. The first-order chi connectivity index (χ1) is 4.86. The van der Waals surface area contributed by atoms with Crippen molar-refractivity contribution in [3.05, 3.63) is 23.2 Å². The van der Waals surface area contributed by atoms with E-state index in [1.54, 1.807) is 17.5 Å². The molecule has 2 aromatic rings. The summed E-state index contributed by atoms with van der Waals surface area (Å²) in [6, 6.07) is 4.03. The van der Waals surface area contributed by atoms with Crippen molar-refractivity contribution >= 4 is 21.6 Å². The minimum Gasteiger partial charge on any atom is -0.158 e. The van der Waals surface area contributed by atoms with Crippen molar-refractivity contribution in [2.24, 2.45) is 0 Å². The average Bonchev–Trinajstić information content (AvgIpc) is 2.27. The molecule has 0 aliphatic heterocycles. The molecule has 3 heteroatoms. The molecule has 0 aliphatic carbocycles. The number of hydrogen-bond acceptors (Lipinski definition) is 3. The number of aromatic nitrogens is 2. The van der Waals surface area contributed by atoms with Crippen molar-refractivity contribution in [1.82, 2.24) is 10.2 Å². The molecule has 0 N–H and O–H groups in total. The zero-order valence-corrected chi connectivity index (χ0v) is 6.35. The lowest BCUT2D eigenvalue weighted by Gasteiger charge is -1.80. The van der Waals surface area contributed by atoms with E-state index in [0.717, 1.165) is 5.52 Å². The normalized spacial score (nSPS) is 10.5. The van der Waals surface area contributed by atoms with E-state index in [-0.39, 0.29) is 0 Å². The molecule has 2 nitrogen and oxygen atoms in total. The topological polar surface area (TPSA) is 25.8 Å². The Morgan fingerprint density at radius 2 is 2.40 bits per heavy atom. The Kier molecular flexibility index (Phi) is 1.17. The third-order valence-electron chi connectivity index (χ3n) is 1.32. The van der Waals surface area contributed by atoms with Crippen LogP contribution in [0.4, 0.5) is 0 Å². The van der Waals surface area contributed by atoms with E-state index in [0.29, 0.717) is 0 Å². The van der Waals surface area contributed by atoms with Gasteiger partial charge in [-0.3, -0.25) is 0 Å². The number of aryl methyl sites for hydroxylation is 1. The van der Waals surface area contributed by atoms with Gasteiger partial charge in [-0.15, -0.1) is 16.4 Å². The molecule has 2 aromatic heterocycles. The summed E-state index contributed by atoms with van der Waals surface area (Å²) in [5.41, 5.74) is 1.00. The number of rotatable bonds is 0. The van der Waals surface area contributed by atoms with Crippen molar-refractivity contribution in [3.63, 3.8) is 0 Å². The standard InChI is InChI=1S/C7H6N2S/c1-5-4-6-7(10-5)2-3-8-9-6/h2-4H,1H3. The average molecular weight is 150 g/mol. The molecule has 2 rings (SSSR count). The summed E-state index contributed by atoms with van der Waals surface area (Å²) < 4.78 is 1.22. The SMILES string of the molecule is Cc1cc2nnccc2s1. The summed E-state index contributed by atoms with van der Waals surface area (Å²) in [5.74, 6) is 0. The maximum Gasteiger partial charge on any atom is 0.104 e. The molecule has 0 atom stereocenters. The van der Waals surface area contributed by atoms with Crippen LogP contribution in [0.2, 0.25) is 0 Å². The first-order valence-electron chi connectivity index (χ1n) is 3.04. The molecule has 0 saturated heterocycles. The van der Waals surface area contributed by atoms with Crippen LogP contribution in [-0.2, 0) is 0 Å². The number of fused-ring (bicyclic) bond motifs is 1. The van der Waals surface area contributed by atoms with Gasteiger partial charge in [-0.05, 0) is 19.1 Å². The van der Waals surface area contributed by atoms with E-state index in [4.69, 9.17) is 0 Å². The van der Waals surface area contributed by atoms with Crippen LogP contribution < -0.4 is 0 Å². The number of thiophene rings is 1. The van der Waals surface area contributed by atoms with E-state index < -0.39 is 0 Å². The first-order valence-corrected chi connectivity index (χ1v) is 3.86. The molecule has 0 radical (unpaired) electrons. The summed E-state index contributed by atoms with van der Waals surface area (Å²) in [4.78, 5) is 1.29. The highest BCUT2D eigenvalue weighted by Gasteiger charge is 1.96. The Hall–Kier alpha value is -0.960. The van der Waals surface area contributed by atoms with Gasteiger partial charge in [-0.1, -0.05) is 0 Å². The first kappa shape index (κ1) is 5.80. The summed E-state index contributed by atoms with van der Waals surface area (Å²) in [6.07, 6.45) is 1.72. The molecule has 0 unspecified atom stereocenters. The quantitative estimate of drug-likeness (QED) is 0.574. The molecule has 0 fully saturated rings. The lowest BCUT2D eigenvalue weighted by Crippen LogP contribution is -1.74. The van der Waals surface area contributed by atoms with Crippen molar-refractivity contribution in [2.45, 2.75) is 6.92 Å². The molecule has 0 aliphatic rings. The van der Waals surface area contributed by atoms with Crippen molar-refractivity contribution in [2.75, 3.05) is 0 Å². The molecule has 2 heterocycles. The highest BCUT2D eigenvalue weighted by atomic mass is 32.1. The molecule has 0 spiro atoms. The third kappa shape index (κ3) is 0.789. The molecular formula is C7H6N2S. The fourth-order valence-electron chi connectivity index (χ4n) is 0.913. The molecule has 10 heavy (non-hydrogen) atoms. The smallest absolute Gasteiger partial charge is 0.104 e. The summed E-state index contributed by atoms with van der Waals surface area (Å²) in [5, 5.41) is 7.75. The molecule has 0 saturated carbocycles. The van der Waals surface area contributed by atoms with Gasteiger partial charge in [0.2, 0.25) is 0 Å². The lowest BCUT2D eigenvalue weighted by molar-refractivity contribution is 1.08. The van der Waals surface area contributed by atoms with E-state index in [2.05, 4.69) is 17.1 Å². The van der Waals surface area contributed by atoms with Crippen LogP contribution in [0.1, 0.15) is 4.88 Å². The number of nitrogens with zero attached hydrogens (tertiary/aromatic N) is 2. The van der Waals surface area contributed by atoms with Crippen molar-refractivity contribution in [1.29, 1.82) is 0 Å². The van der Waals surface area contributed by atoms with E-state index in [1.165, 1.54) is 9.58 Å². The highest BCUT2D eigenvalue weighted by Crippen LogP contribution is 2.21. The fourth-order valence-corrected chi connectivity index (χ4v) is 1.76. The molecule has 0 bridgehead atoms. The monoisotopic (exact) mass is 150 g/mol. The number of hydrogen-bond donors (Lipinski definition) is 0. The van der Waals surface area contributed by atoms with Crippen LogP contribution in [0.3, 0.4) is 0 Å². The molecule has 0 amide bonds. The summed E-state index contributed by atoms with van der Waals surface area (Å²) in [7, 11) is 0. The predicted octanol–water partition coefficient (Wildman–Crippen LogP) is 2.00. The zero-order chi connectivity index (χ0) is 6.97. The van der Waals surface area contributed by atoms with Crippen molar-refractivity contribution < 1.29 is 0 Å². The maximum atomic E-state index is 3.96. The van der Waals surface area contributed by atoms with Gasteiger partial charge in [0.15, 0.2) is 0 Å². The van der Waals surface area contributed by atoms with Crippen LogP contribution in [0.15, 0.2) is 18.3 Å². The van der Waals surface area contributed by atoms with Crippen LogP contribution in [0.5, 0.6) is 0 Å². The minimum absolute atomic E-state index is 1.00. The van der Waals surface area contributed by atoms with E-state index in [1.807, 2.05) is 12.1 Å². The minimum atomic E-state index is 1.00. The largest absolute Gasteiger partial charge is 0.158 e.